The van der Waals surface area contributed by atoms with Crippen LogP contribution in [0.4, 0.5) is 0 Å². The highest BCUT2D eigenvalue weighted by molar-refractivity contribution is 7.28. The Morgan fingerprint density at radius 1 is 0.260 bits per heavy atom. The molecular formula is C48H28S2. The van der Waals surface area contributed by atoms with Gasteiger partial charge in [0.05, 0.1) is 0 Å². The fraction of sp³-hybridized carbons (Fsp3) is 0. The molecule has 50 heavy (non-hydrogen) atoms. The zero-order chi connectivity index (χ0) is 32.8. The second-order valence-electron chi connectivity index (χ2n) is 13.2. The molecule has 0 bridgehead atoms. The van der Waals surface area contributed by atoms with E-state index in [1.165, 1.54) is 106 Å². The van der Waals surface area contributed by atoms with E-state index < -0.39 is 0 Å². The van der Waals surface area contributed by atoms with Crippen LogP contribution in [0.25, 0.3) is 106 Å². The van der Waals surface area contributed by atoms with Crippen molar-refractivity contribution >= 4 is 95.3 Å². The van der Waals surface area contributed by atoms with Gasteiger partial charge in [-0.15, -0.1) is 22.7 Å². The minimum Gasteiger partial charge on any atom is -0.135 e. The largest absolute Gasteiger partial charge is 0.135 e. The van der Waals surface area contributed by atoms with Crippen molar-refractivity contribution in [1.29, 1.82) is 0 Å². The Hall–Kier alpha value is -5.80. The van der Waals surface area contributed by atoms with Crippen molar-refractivity contribution in [3.05, 3.63) is 170 Å². The van der Waals surface area contributed by atoms with Crippen LogP contribution in [0.15, 0.2) is 170 Å². The molecule has 0 aliphatic rings. The molecule has 9 aromatic carbocycles. The number of benzene rings is 9. The average molecular weight is 669 g/mol. The van der Waals surface area contributed by atoms with Crippen LogP contribution in [0.3, 0.4) is 0 Å². The summed E-state index contributed by atoms with van der Waals surface area (Å²) in [7, 11) is 0. The van der Waals surface area contributed by atoms with Crippen molar-refractivity contribution in [1.82, 2.24) is 0 Å². The Morgan fingerprint density at radius 3 is 1.46 bits per heavy atom. The monoisotopic (exact) mass is 668 g/mol. The molecule has 2 heteroatoms. The van der Waals surface area contributed by atoms with Gasteiger partial charge in [-0.05, 0) is 102 Å². The van der Waals surface area contributed by atoms with Crippen molar-refractivity contribution in [2.24, 2.45) is 0 Å². The third-order valence-corrected chi connectivity index (χ3v) is 12.7. The minimum atomic E-state index is 1.23. The molecule has 2 aromatic heterocycles. The van der Waals surface area contributed by atoms with Gasteiger partial charge in [-0.1, -0.05) is 133 Å². The molecular weight excluding hydrogens is 641 g/mol. The summed E-state index contributed by atoms with van der Waals surface area (Å²) >= 11 is 3.81. The van der Waals surface area contributed by atoms with E-state index in [4.69, 9.17) is 0 Å². The molecule has 0 radical (unpaired) electrons. The quantitative estimate of drug-likeness (QED) is 0.164. The zero-order valence-corrected chi connectivity index (χ0v) is 28.6. The first-order chi connectivity index (χ1) is 24.8. The molecule has 0 nitrogen and oxygen atoms in total. The molecule has 232 valence electrons. The van der Waals surface area contributed by atoms with Gasteiger partial charge >= 0.3 is 0 Å². The Balaban J connectivity index is 1.14. The second-order valence-corrected chi connectivity index (χ2v) is 15.4. The molecule has 0 saturated heterocycles. The van der Waals surface area contributed by atoms with Gasteiger partial charge in [0.2, 0.25) is 0 Å². The first kappa shape index (κ1) is 28.1. The molecule has 11 aromatic rings. The lowest BCUT2D eigenvalue weighted by molar-refractivity contribution is 1.63. The summed E-state index contributed by atoms with van der Waals surface area (Å²) in [5.74, 6) is 0. The van der Waals surface area contributed by atoms with Crippen LogP contribution >= 0.6 is 22.7 Å². The maximum Gasteiger partial charge on any atom is 0.0362 e. The van der Waals surface area contributed by atoms with Gasteiger partial charge in [0.15, 0.2) is 0 Å². The van der Waals surface area contributed by atoms with Crippen LogP contribution in [-0.4, -0.2) is 0 Å². The summed E-state index contributed by atoms with van der Waals surface area (Å²) in [5.41, 5.74) is 7.56. The molecule has 2 heterocycles. The number of hydrogen-bond donors (Lipinski definition) is 0. The fourth-order valence-electron chi connectivity index (χ4n) is 8.21. The summed E-state index contributed by atoms with van der Waals surface area (Å²) in [4.78, 5) is 0. The number of thiophene rings is 2. The standard InChI is InChI=1S/C48H28S2/c1-2-11-30-26-32(21-20-29(30)10-1)31-12-9-13-33(27-31)45-35-14-3-5-16-37(35)46(38-17-6-4-15-36(38)45)34-22-23-40-44(28-34)50-43-25-24-42-47(48(40)43)39-18-7-8-19-41(39)49-42/h1-28H. The molecule has 0 fully saturated rings. The highest BCUT2D eigenvalue weighted by Crippen LogP contribution is 2.48. The lowest BCUT2D eigenvalue weighted by Gasteiger charge is -2.18. The van der Waals surface area contributed by atoms with Crippen LogP contribution < -0.4 is 0 Å². The number of rotatable bonds is 3. The van der Waals surface area contributed by atoms with Crippen LogP contribution in [0.2, 0.25) is 0 Å². The predicted molar refractivity (Wildman–Crippen MR) is 221 cm³/mol. The summed E-state index contributed by atoms with van der Waals surface area (Å²) in [5, 5.41) is 13.1. The van der Waals surface area contributed by atoms with Gasteiger partial charge in [-0.2, -0.15) is 0 Å². The topological polar surface area (TPSA) is 0 Å². The highest BCUT2D eigenvalue weighted by Gasteiger charge is 2.19. The molecule has 0 aliphatic heterocycles. The maximum atomic E-state index is 2.44. The summed E-state index contributed by atoms with van der Waals surface area (Å²) in [6.07, 6.45) is 0. The predicted octanol–water partition coefficient (Wildman–Crippen LogP) is 14.9. The third-order valence-electron chi connectivity index (χ3n) is 10.4. The first-order valence-electron chi connectivity index (χ1n) is 17.1. The van der Waals surface area contributed by atoms with Gasteiger partial charge in [-0.3, -0.25) is 0 Å². The Kier molecular flexibility index (Phi) is 6.09. The maximum absolute atomic E-state index is 2.44. The molecule has 0 unspecified atom stereocenters. The van der Waals surface area contributed by atoms with E-state index in [2.05, 4.69) is 170 Å². The Morgan fingerprint density at radius 2 is 0.760 bits per heavy atom. The van der Waals surface area contributed by atoms with E-state index >= 15 is 0 Å². The second kappa shape index (κ2) is 10.9. The van der Waals surface area contributed by atoms with Crippen LogP contribution in [0.1, 0.15) is 0 Å². The van der Waals surface area contributed by atoms with Crippen molar-refractivity contribution in [3.63, 3.8) is 0 Å². The van der Waals surface area contributed by atoms with E-state index in [1.54, 1.807) is 0 Å². The molecule has 0 spiro atoms. The molecule has 0 N–H and O–H groups in total. The highest BCUT2D eigenvalue weighted by atomic mass is 32.1. The van der Waals surface area contributed by atoms with Gasteiger partial charge in [-0.25, -0.2) is 0 Å². The normalized spacial score (nSPS) is 12.0. The smallest absolute Gasteiger partial charge is 0.0362 e. The number of hydrogen-bond acceptors (Lipinski definition) is 2. The lowest BCUT2D eigenvalue weighted by Crippen LogP contribution is -1.91. The first-order valence-corrected chi connectivity index (χ1v) is 18.7. The summed E-state index contributed by atoms with van der Waals surface area (Å²) in [6, 6.07) is 63.1. The molecule has 0 amide bonds. The Bertz CT molecular complexity index is 3100. The Labute approximate surface area is 297 Å². The van der Waals surface area contributed by atoms with E-state index in [-0.39, 0.29) is 0 Å². The fourth-order valence-corrected chi connectivity index (χ4v) is 10.5. The zero-order valence-electron chi connectivity index (χ0n) is 27.0. The lowest BCUT2D eigenvalue weighted by atomic mass is 9.85. The van der Waals surface area contributed by atoms with E-state index in [0.717, 1.165) is 0 Å². The van der Waals surface area contributed by atoms with Crippen molar-refractivity contribution in [2.75, 3.05) is 0 Å². The van der Waals surface area contributed by atoms with Gasteiger partial charge in [0.25, 0.3) is 0 Å². The summed E-state index contributed by atoms with van der Waals surface area (Å²) < 4.78 is 5.40. The van der Waals surface area contributed by atoms with Gasteiger partial charge in [0, 0.05) is 40.3 Å². The van der Waals surface area contributed by atoms with Crippen LogP contribution in [0, 0.1) is 0 Å². The minimum absolute atomic E-state index is 1.23. The van der Waals surface area contributed by atoms with Crippen LogP contribution in [0.5, 0.6) is 0 Å². The van der Waals surface area contributed by atoms with Crippen molar-refractivity contribution in [3.8, 4) is 33.4 Å². The molecule has 11 rings (SSSR count). The van der Waals surface area contributed by atoms with Gasteiger partial charge in [0.1, 0.15) is 0 Å². The van der Waals surface area contributed by atoms with E-state index in [9.17, 15) is 0 Å². The van der Waals surface area contributed by atoms with E-state index in [1.807, 2.05) is 22.7 Å². The SMILES string of the molecule is c1cc(-c2ccc3ccccc3c2)cc(-c2c3ccccc3c(-c3ccc4c(c3)sc3ccc5sc6ccccc6c5c34)c3ccccc23)c1. The average Bonchev–Trinajstić information content (AvgIpc) is 3.74. The third kappa shape index (κ3) is 4.16. The molecule has 0 saturated carbocycles. The van der Waals surface area contributed by atoms with Gasteiger partial charge < -0.3 is 0 Å². The molecule has 0 atom stereocenters. The van der Waals surface area contributed by atoms with Crippen LogP contribution in [-0.2, 0) is 0 Å². The van der Waals surface area contributed by atoms with E-state index in [0.29, 0.717) is 0 Å². The number of fused-ring (bicyclic) bond motifs is 10. The van der Waals surface area contributed by atoms with Crippen molar-refractivity contribution < 1.29 is 0 Å². The molecule has 0 aliphatic carbocycles. The van der Waals surface area contributed by atoms with Crippen molar-refractivity contribution in [2.45, 2.75) is 0 Å². The summed E-state index contributed by atoms with van der Waals surface area (Å²) in [6.45, 7) is 0.